The van der Waals surface area contributed by atoms with Crippen LogP contribution in [0, 0.1) is 0 Å². The fourth-order valence-corrected chi connectivity index (χ4v) is 5.25. The summed E-state index contributed by atoms with van der Waals surface area (Å²) in [6.07, 6.45) is 2.50. The number of carbonyl (C=O) groups is 1. The number of hydrogen-bond donors (Lipinski definition) is 1. The molecule has 0 saturated carbocycles. The van der Waals surface area contributed by atoms with Crippen molar-refractivity contribution < 1.29 is 14.3 Å². The minimum absolute atomic E-state index is 0.115. The lowest BCUT2D eigenvalue weighted by molar-refractivity contribution is 0.0954. The van der Waals surface area contributed by atoms with Gasteiger partial charge in [-0.05, 0) is 80.8 Å². The predicted octanol–water partition coefficient (Wildman–Crippen LogP) is 7.50. The van der Waals surface area contributed by atoms with Crippen LogP contribution in [0.1, 0.15) is 55.1 Å². The van der Waals surface area contributed by atoms with Gasteiger partial charge in [-0.3, -0.25) is 9.79 Å². The van der Waals surface area contributed by atoms with Crippen LogP contribution in [0.15, 0.2) is 69.4 Å². The third kappa shape index (κ3) is 6.23. The number of fused-ring (bicyclic) bond motifs is 2. The van der Waals surface area contributed by atoms with Crippen molar-refractivity contribution in [2.45, 2.75) is 49.8 Å². The molecule has 5 nitrogen and oxygen atoms in total. The Morgan fingerprint density at radius 3 is 2.47 bits per heavy atom. The van der Waals surface area contributed by atoms with Gasteiger partial charge >= 0.3 is 0 Å². The van der Waals surface area contributed by atoms with Crippen molar-refractivity contribution in [3.05, 3.63) is 76.3 Å². The first-order valence-corrected chi connectivity index (χ1v) is 13.6. The number of benzene rings is 3. The highest BCUT2D eigenvalue weighted by molar-refractivity contribution is 7.99. The molecule has 0 atom stereocenters. The molecule has 36 heavy (non-hydrogen) atoms. The number of nitrogens with zero attached hydrogens (tertiary/aromatic N) is 1. The third-order valence-electron chi connectivity index (χ3n) is 5.74. The van der Waals surface area contributed by atoms with Crippen LogP contribution < -0.4 is 14.8 Å². The lowest BCUT2D eigenvalue weighted by Gasteiger charge is -2.13. The van der Waals surface area contributed by atoms with Crippen molar-refractivity contribution >= 4 is 40.7 Å². The van der Waals surface area contributed by atoms with Gasteiger partial charge in [-0.1, -0.05) is 42.8 Å². The molecule has 188 valence electrons. The number of carbonyl (C=O) groups excluding carboxylic acids is 1. The van der Waals surface area contributed by atoms with E-state index >= 15 is 0 Å². The standard InChI is InChI=1S/C29H31ClN2O3S/c1-4-7-23-22-18-21(30)10-13-27(22)36-28-12-9-20(17-24(28)32-23)29(33)31-15-14-19-8-11-25(34-5-2)26(16-19)35-6-3/h8-13,16-18H,4-7,14-15H2,1-3H3,(H,31,33). The highest BCUT2D eigenvalue weighted by Crippen LogP contribution is 2.42. The largest absolute Gasteiger partial charge is 0.490 e. The zero-order chi connectivity index (χ0) is 25.5. The Labute approximate surface area is 222 Å². The molecule has 0 radical (unpaired) electrons. The molecule has 0 spiro atoms. The van der Waals surface area contributed by atoms with E-state index in [0.29, 0.717) is 36.8 Å². The second-order valence-electron chi connectivity index (χ2n) is 8.39. The number of amides is 1. The molecular formula is C29H31ClN2O3S. The van der Waals surface area contributed by atoms with Crippen LogP contribution in [0.5, 0.6) is 11.5 Å². The van der Waals surface area contributed by atoms with E-state index in [1.807, 2.05) is 68.4 Å². The molecule has 0 fully saturated rings. The van der Waals surface area contributed by atoms with Crippen LogP contribution >= 0.6 is 23.4 Å². The molecule has 0 unspecified atom stereocenters. The summed E-state index contributed by atoms with van der Waals surface area (Å²) in [5.74, 6) is 1.35. The molecule has 0 aliphatic carbocycles. The number of aliphatic imine (C=N–C) groups is 1. The average molecular weight is 523 g/mol. The Morgan fingerprint density at radius 1 is 0.917 bits per heavy atom. The molecule has 0 saturated heterocycles. The van der Waals surface area contributed by atoms with Gasteiger partial charge in [0, 0.05) is 38.2 Å². The molecule has 0 aromatic heterocycles. The summed E-state index contributed by atoms with van der Waals surface area (Å²) in [5.41, 5.74) is 4.56. The summed E-state index contributed by atoms with van der Waals surface area (Å²) in [4.78, 5) is 20.1. The quantitative estimate of drug-likeness (QED) is 0.299. The normalized spacial score (nSPS) is 12.2. The van der Waals surface area contributed by atoms with Gasteiger partial charge in [0.05, 0.1) is 18.9 Å². The van der Waals surface area contributed by atoms with Gasteiger partial charge in [-0.15, -0.1) is 0 Å². The molecule has 1 aliphatic rings. The summed E-state index contributed by atoms with van der Waals surface area (Å²) in [6.45, 7) is 7.70. The number of nitrogens with one attached hydrogen (secondary N) is 1. The smallest absolute Gasteiger partial charge is 0.251 e. The van der Waals surface area contributed by atoms with Gasteiger partial charge in [-0.25, -0.2) is 0 Å². The van der Waals surface area contributed by atoms with Crippen LogP contribution in [0.2, 0.25) is 5.02 Å². The first-order valence-electron chi connectivity index (χ1n) is 12.4. The molecule has 4 rings (SSSR count). The SMILES string of the molecule is CCCC1=Nc2cc(C(=O)NCCc3ccc(OCC)c(OCC)c3)ccc2Sc2ccc(Cl)cc21. The monoisotopic (exact) mass is 522 g/mol. The molecule has 1 heterocycles. The molecule has 1 amide bonds. The fourth-order valence-electron chi connectivity index (χ4n) is 4.07. The van der Waals surface area contributed by atoms with Crippen LogP contribution in [0.3, 0.4) is 0 Å². The molecule has 3 aromatic carbocycles. The minimum atomic E-state index is -0.115. The molecule has 1 N–H and O–H groups in total. The summed E-state index contributed by atoms with van der Waals surface area (Å²) in [5, 5.41) is 3.74. The van der Waals surface area contributed by atoms with E-state index in [4.69, 9.17) is 26.1 Å². The number of ether oxygens (including phenoxy) is 2. The minimum Gasteiger partial charge on any atom is -0.490 e. The van der Waals surface area contributed by atoms with Crippen molar-refractivity contribution in [2.24, 2.45) is 4.99 Å². The highest BCUT2D eigenvalue weighted by Gasteiger charge is 2.19. The summed E-state index contributed by atoms with van der Waals surface area (Å²) in [7, 11) is 0. The zero-order valence-corrected chi connectivity index (χ0v) is 22.5. The fraction of sp³-hybridized carbons (Fsp3) is 0.310. The van der Waals surface area contributed by atoms with Gasteiger partial charge < -0.3 is 14.8 Å². The molecule has 3 aromatic rings. The second-order valence-corrected chi connectivity index (χ2v) is 9.91. The zero-order valence-electron chi connectivity index (χ0n) is 20.9. The van der Waals surface area contributed by atoms with Crippen molar-refractivity contribution in [3.63, 3.8) is 0 Å². The van der Waals surface area contributed by atoms with Gasteiger partial charge in [0.1, 0.15) is 0 Å². The van der Waals surface area contributed by atoms with Gasteiger partial charge in [0.15, 0.2) is 11.5 Å². The summed E-state index contributed by atoms with van der Waals surface area (Å²) < 4.78 is 11.3. The number of halogens is 1. The molecule has 1 aliphatic heterocycles. The van der Waals surface area contributed by atoms with E-state index in [2.05, 4.69) is 12.2 Å². The second kappa shape index (κ2) is 12.3. The lowest BCUT2D eigenvalue weighted by Crippen LogP contribution is -2.25. The first-order chi connectivity index (χ1) is 17.5. The predicted molar refractivity (Wildman–Crippen MR) is 148 cm³/mol. The number of hydrogen-bond acceptors (Lipinski definition) is 5. The Bertz CT molecular complexity index is 1280. The average Bonchev–Trinajstić information content (AvgIpc) is 3.02. The van der Waals surface area contributed by atoms with Crippen LogP contribution in [-0.2, 0) is 6.42 Å². The van der Waals surface area contributed by atoms with E-state index in [1.165, 1.54) is 0 Å². The van der Waals surface area contributed by atoms with Gasteiger partial charge in [0.2, 0.25) is 0 Å². The summed E-state index contributed by atoms with van der Waals surface area (Å²) >= 11 is 7.94. The molecule has 0 bridgehead atoms. The van der Waals surface area contributed by atoms with Gasteiger partial charge in [0.25, 0.3) is 5.91 Å². The van der Waals surface area contributed by atoms with Crippen LogP contribution in [0.25, 0.3) is 0 Å². The number of rotatable bonds is 10. The van der Waals surface area contributed by atoms with E-state index in [-0.39, 0.29) is 5.91 Å². The maximum absolute atomic E-state index is 13.0. The highest BCUT2D eigenvalue weighted by atomic mass is 35.5. The van der Waals surface area contributed by atoms with Crippen molar-refractivity contribution in [2.75, 3.05) is 19.8 Å². The molecule has 7 heteroatoms. The maximum atomic E-state index is 13.0. The van der Waals surface area contributed by atoms with Gasteiger partial charge in [-0.2, -0.15) is 0 Å². The third-order valence-corrected chi connectivity index (χ3v) is 7.12. The van der Waals surface area contributed by atoms with Crippen molar-refractivity contribution in [1.82, 2.24) is 5.32 Å². The lowest BCUT2D eigenvalue weighted by atomic mass is 10.1. The first kappa shape index (κ1) is 26.1. The van der Waals surface area contributed by atoms with E-state index < -0.39 is 0 Å². The van der Waals surface area contributed by atoms with Crippen LogP contribution in [0.4, 0.5) is 5.69 Å². The Kier molecular flexibility index (Phi) is 8.94. The van der Waals surface area contributed by atoms with E-state index in [1.54, 1.807) is 11.8 Å². The Balaban J connectivity index is 1.47. The molecular weight excluding hydrogens is 492 g/mol. The Hall–Kier alpha value is -2.96. The van der Waals surface area contributed by atoms with Crippen LogP contribution in [-0.4, -0.2) is 31.4 Å². The van der Waals surface area contributed by atoms with Crippen molar-refractivity contribution in [1.29, 1.82) is 0 Å². The van der Waals surface area contributed by atoms with Crippen molar-refractivity contribution in [3.8, 4) is 11.5 Å². The summed E-state index contributed by atoms with van der Waals surface area (Å²) in [6, 6.07) is 17.6. The van der Waals surface area contributed by atoms with E-state index in [9.17, 15) is 4.79 Å². The van der Waals surface area contributed by atoms with E-state index in [0.717, 1.165) is 56.7 Å². The maximum Gasteiger partial charge on any atom is 0.251 e. The Morgan fingerprint density at radius 2 is 1.69 bits per heavy atom. The topological polar surface area (TPSA) is 59.9 Å².